The first-order valence-electron chi connectivity index (χ1n) is 6.79. The largest absolute Gasteiger partial charge is 0.433 e. The van der Waals surface area contributed by atoms with Gasteiger partial charge in [0.1, 0.15) is 5.69 Å². The number of nitrogens with two attached hydrogens (primary N) is 1. The Balaban J connectivity index is 2.15. The molecule has 2 heterocycles. The summed E-state index contributed by atoms with van der Waals surface area (Å²) in [5.41, 5.74) is 6.17. The third kappa shape index (κ3) is 4.49. The number of hydrogen-bond acceptors (Lipinski definition) is 4. The van der Waals surface area contributed by atoms with E-state index in [4.69, 9.17) is 5.73 Å². The summed E-state index contributed by atoms with van der Waals surface area (Å²) in [7, 11) is 0. The Kier molecular flexibility index (Phi) is 4.95. The predicted octanol–water partition coefficient (Wildman–Crippen LogP) is 2.13. The number of rotatable bonds is 4. The number of amides is 1. The molecule has 0 radical (unpaired) electrons. The van der Waals surface area contributed by atoms with Gasteiger partial charge < -0.3 is 11.1 Å². The SMILES string of the molecule is CC(N)C(=O)NCc1ccnc(-c2ccc(C(F)(F)F)nc2)c1. The molecule has 2 aromatic heterocycles. The summed E-state index contributed by atoms with van der Waals surface area (Å²) in [6.45, 7) is 1.82. The summed E-state index contributed by atoms with van der Waals surface area (Å²) >= 11 is 0. The highest BCUT2D eigenvalue weighted by Crippen LogP contribution is 2.28. The van der Waals surface area contributed by atoms with E-state index in [1.54, 1.807) is 19.1 Å². The highest BCUT2D eigenvalue weighted by Gasteiger charge is 2.32. The molecule has 5 nitrogen and oxygen atoms in total. The normalized spacial score (nSPS) is 12.7. The van der Waals surface area contributed by atoms with Gasteiger partial charge in [-0.2, -0.15) is 13.2 Å². The molecule has 1 amide bonds. The summed E-state index contributed by atoms with van der Waals surface area (Å²) in [4.78, 5) is 18.9. The molecule has 0 bridgehead atoms. The number of nitrogens with zero attached hydrogens (tertiary/aromatic N) is 2. The second-order valence-electron chi connectivity index (χ2n) is 4.99. The number of alkyl halides is 3. The number of halogens is 3. The Hall–Kier alpha value is -2.48. The third-order valence-electron chi connectivity index (χ3n) is 3.05. The topological polar surface area (TPSA) is 80.9 Å². The zero-order valence-electron chi connectivity index (χ0n) is 12.3. The van der Waals surface area contributed by atoms with Crippen molar-refractivity contribution < 1.29 is 18.0 Å². The lowest BCUT2D eigenvalue weighted by atomic mass is 10.1. The lowest BCUT2D eigenvalue weighted by molar-refractivity contribution is -0.141. The first-order valence-corrected chi connectivity index (χ1v) is 6.79. The second-order valence-corrected chi connectivity index (χ2v) is 4.99. The molecule has 8 heteroatoms. The van der Waals surface area contributed by atoms with Crippen LogP contribution >= 0.6 is 0 Å². The molecule has 0 saturated heterocycles. The van der Waals surface area contributed by atoms with Gasteiger partial charge in [0, 0.05) is 24.5 Å². The number of nitrogens with one attached hydrogen (secondary N) is 1. The fourth-order valence-corrected chi connectivity index (χ4v) is 1.81. The molecule has 0 spiro atoms. The van der Waals surface area contributed by atoms with Crippen molar-refractivity contribution in [3.05, 3.63) is 47.9 Å². The standard InChI is InChI=1S/C15H15F3N4O/c1-9(19)14(23)22-7-10-4-5-20-12(6-10)11-2-3-13(21-8-11)15(16,17)18/h2-6,8-9H,7,19H2,1H3,(H,22,23). The molecule has 0 aliphatic heterocycles. The molecular weight excluding hydrogens is 309 g/mol. The van der Waals surface area contributed by atoms with Crippen LogP contribution in [-0.2, 0) is 17.5 Å². The van der Waals surface area contributed by atoms with Crippen LogP contribution in [0.2, 0.25) is 0 Å². The van der Waals surface area contributed by atoms with E-state index >= 15 is 0 Å². The van der Waals surface area contributed by atoms with Crippen LogP contribution in [0.5, 0.6) is 0 Å². The Bertz CT molecular complexity index is 684. The molecule has 0 aliphatic rings. The van der Waals surface area contributed by atoms with E-state index in [1.165, 1.54) is 12.3 Å². The lowest BCUT2D eigenvalue weighted by Crippen LogP contribution is -2.37. The molecule has 0 fully saturated rings. The van der Waals surface area contributed by atoms with Gasteiger partial charge in [-0.1, -0.05) is 0 Å². The molecular formula is C15H15F3N4O. The number of pyridine rings is 2. The zero-order chi connectivity index (χ0) is 17.0. The van der Waals surface area contributed by atoms with Crippen molar-refractivity contribution in [2.75, 3.05) is 0 Å². The first kappa shape index (κ1) is 16.9. The fourth-order valence-electron chi connectivity index (χ4n) is 1.81. The van der Waals surface area contributed by atoms with Gasteiger partial charge in [0.25, 0.3) is 0 Å². The van der Waals surface area contributed by atoms with Crippen molar-refractivity contribution in [2.24, 2.45) is 5.73 Å². The second kappa shape index (κ2) is 6.74. The summed E-state index contributed by atoms with van der Waals surface area (Å²) in [5.74, 6) is -0.292. The van der Waals surface area contributed by atoms with Crippen LogP contribution in [0.4, 0.5) is 13.2 Å². The van der Waals surface area contributed by atoms with Crippen LogP contribution in [0.25, 0.3) is 11.3 Å². The van der Waals surface area contributed by atoms with Gasteiger partial charge in [0.15, 0.2) is 0 Å². The zero-order valence-corrected chi connectivity index (χ0v) is 12.3. The maximum atomic E-state index is 12.5. The van der Waals surface area contributed by atoms with Crippen LogP contribution < -0.4 is 11.1 Å². The monoisotopic (exact) mass is 324 g/mol. The minimum Gasteiger partial charge on any atom is -0.351 e. The quantitative estimate of drug-likeness (QED) is 0.903. The van der Waals surface area contributed by atoms with Crippen LogP contribution in [0.15, 0.2) is 36.7 Å². The molecule has 122 valence electrons. The minimum absolute atomic E-state index is 0.254. The van der Waals surface area contributed by atoms with Gasteiger partial charge in [-0.3, -0.25) is 14.8 Å². The molecule has 1 atom stereocenters. The molecule has 2 aromatic rings. The Morgan fingerprint density at radius 2 is 2.04 bits per heavy atom. The van der Waals surface area contributed by atoms with E-state index in [1.807, 2.05) is 0 Å². The summed E-state index contributed by atoms with van der Waals surface area (Å²) in [6, 6.07) is 4.97. The highest BCUT2D eigenvalue weighted by atomic mass is 19.4. The van der Waals surface area contributed by atoms with E-state index in [9.17, 15) is 18.0 Å². The van der Waals surface area contributed by atoms with Crippen molar-refractivity contribution >= 4 is 5.91 Å². The average Bonchev–Trinajstić information content (AvgIpc) is 2.52. The number of hydrogen-bond donors (Lipinski definition) is 2. The fraction of sp³-hybridized carbons (Fsp3) is 0.267. The summed E-state index contributed by atoms with van der Waals surface area (Å²) in [5, 5.41) is 2.65. The smallest absolute Gasteiger partial charge is 0.351 e. The van der Waals surface area contributed by atoms with Crippen molar-refractivity contribution in [3.63, 3.8) is 0 Å². The molecule has 1 unspecified atom stereocenters. The van der Waals surface area contributed by atoms with Gasteiger partial charge in [-0.05, 0) is 36.8 Å². The lowest BCUT2D eigenvalue weighted by Gasteiger charge is -2.09. The van der Waals surface area contributed by atoms with Crippen LogP contribution in [0.1, 0.15) is 18.2 Å². The van der Waals surface area contributed by atoms with Crippen molar-refractivity contribution in [1.29, 1.82) is 0 Å². The first-order chi connectivity index (χ1) is 10.8. The minimum atomic E-state index is -4.48. The number of aromatic nitrogens is 2. The van der Waals surface area contributed by atoms with Crippen molar-refractivity contribution in [2.45, 2.75) is 25.7 Å². The Labute approximate surface area is 130 Å². The van der Waals surface area contributed by atoms with Gasteiger partial charge >= 0.3 is 6.18 Å². The van der Waals surface area contributed by atoms with E-state index in [-0.39, 0.29) is 12.5 Å². The molecule has 3 N–H and O–H groups in total. The summed E-state index contributed by atoms with van der Waals surface area (Å²) < 4.78 is 37.5. The van der Waals surface area contributed by atoms with Crippen molar-refractivity contribution in [1.82, 2.24) is 15.3 Å². The van der Waals surface area contributed by atoms with Gasteiger partial charge in [-0.25, -0.2) is 0 Å². The van der Waals surface area contributed by atoms with Gasteiger partial charge in [0.2, 0.25) is 5.91 Å². The Morgan fingerprint density at radius 1 is 1.30 bits per heavy atom. The van der Waals surface area contributed by atoms with Gasteiger partial charge in [-0.15, -0.1) is 0 Å². The van der Waals surface area contributed by atoms with Crippen LogP contribution in [0, 0.1) is 0 Å². The molecule has 0 aromatic carbocycles. The van der Waals surface area contributed by atoms with Crippen LogP contribution in [-0.4, -0.2) is 21.9 Å². The molecule has 0 saturated carbocycles. The maximum absolute atomic E-state index is 12.5. The molecule has 23 heavy (non-hydrogen) atoms. The highest BCUT2D eigenvalue weighted by molar-refractivity contribution is 5.80. The van der Waals surface area contributed by atoms with E-state index in [2.05, 4.69) is 15.3 Å². The van der Waals surface area contributed by atoms with Crippen molar-refractivity contribution in [3.8, 4) is 11.3 Å². The van der Waals surface area contributed by atoms with E-state index in [0.717, 1.165) is 17.8 Å². The summed E-state index contributed by atoms with van der Waals surface area (Å²) in [6.07, 6.45) is -1.84. The predicted molar refractivity (Wildman–Crippen MR) is 78.0 cm³/mol. The number of carbonyl (C=O) groups excluding carboxylic acids is 1. The maximum Gasteiger partial charge on any atom is 0.433 e. The Morgan fingerprint density at radius 3 is 2.61 bits per heavy atom. The van der Waals surface area contributed by atoms with E-state index < -0.39 is 17.9 Å². The average molecular weight is 324 g/mol. The van der Waals surface area contributed by atoms with Gasteiger partial charge in [0.05, 0.1) is 11.7 Å². The van der Waals surface area contributed by atoms with E-state index in [0.29, 0.717) is 11.3 Å². The molecule has 2 rings (SSSR count). The third-order valence-corrected chi connectivity index (χ3v) is 3.05. The number of carbonyl (C=O) groups is 1. The molecule has 0 aliphatic carbocycles. The van der Waals surface area contributed by atoms with Crippen LogP contribution in [0.3, 0.4) is 0 Å².